The van der Waals surface area contributed by atoms with Gasteiger partial charge in [0.05, 0.1) is 28.3 Å². The van der Waals surface area contributed by atoms with Crippen LogP contribution in [0.3, 0.4) is 0 Å². The number of anilines is 1. The fourth-order valence-electron chi connectivity index (χ4n) is 4.50. The highest BCUT2D eigenvalue weighted by Crippen LogP contribution is 2.34. The standard InChI is InChI=1S/C27H32N6O4/c1-27(2,3)37-26(34)28-18-10-11-33(15-18)25-9-8-21-22(30-25)7-6-20(29-21)19-12-17-14-32(4)31-23(17)13-24(19)36-16-35-5/h6-9,12-14,18H,10-11,15-16H2,1-5H3,(H,28,34)/t18-/m0/s1. The van der Waals surface area contributed by atoms with E-state index in [0.29, 0.717) is 12.3 Å². The Labute approximate surface area is 215 Å². The van der Waals surface area contributed by atoms with Crippen LogP contribution in [0.5, 0.6) is 5.75 Å². The molecule has 1 N–H and O–H groups in total. The van der Waals surface area contributed by atoms with E-state index in [1.165, 1.54) is 0 Å². The van der Waals surface area contributed by atoms with E-state index in [1.807, 2.05) is 70.4 Å². The number of ether oxygens (including phenoxy) is 3. The summed E-state index contributed by atoms with van der Waals surface area (Å²) >= 11 is 0. The summed E-state index contributed by atoms with van der Waals surface area (Å²) in [6.45, 7) is 7.18. The lowest BCUT2D eigenvalue weighted by Gasteiger charge is -2.22. The topological polar surface area (TPSA) is 104 Å². The highest BCUT2D eigenvalue weighted by atomic mass is 16.7. The summed E-state index contributed by atoms with van der Waals surface area (Å²) in [5, 5.41) is 8.44. The van der Waals surface area contributed by atoms with Crippen LogP contribution < -0.4 is 15.0 Å². The second-order valence-corrected chi connectivity index (χ2v) is 10.2. The lowest BCUT2D eigenvalue weighted by Crippen LogP contribution is -2.40. The smallest absolute Gasteiger partial charge is 0.407 e. The van der Waals surface area contributed by atoms with Crippen molar-refractivity contribution in [3.05, 3.63) is 42.6 Å². The maximum atomic E-state index is 12.1. The van der Waals surface area contributed by atoms with E-state index in [-0.39, 0.29) is 18.9 Å². The molecule has 5 rings (SSSR count). The van der Waals surface area contributed by atoms with Crippen molar-refractivity contribution in [2.75, 3.05) is 31.9 Å². The number of aryl methyl sites for hydroxylation is 1. The number of benzene rings is 1. The molecule has 0 unspecified atom stereocenters. The van der Waals surface area contributed by atoms with E-state index in [0.717, 1.165) is 52.0 Å². The van der Waals surface area contributed by atoms with Crippen molar-refractivity contribution >= 4 is 33.8 Å². The normalized spacial score (nSPS) is 15.9. The maximum absolute atomic E-state index is 12.1. The predicted molar refractivity (Wildman–Crippen MR) is 142 cm³/mol. The largest absolute Gasteiger partial charge is 0.467 e. The number of nitrogens with zero attached hydrogens (tertiary/aromatic N) is 5. The molecule has 1 saturated heterocycles. The third-order valence-corrected chi connectivity index (χ3v) is 6.09. The number of carbonyl (C=O) groups excluding carboxylic acids is 1. The molecule has 3 aromatic heterocycles. The Hall–Kier alpha value is -3.92. The molecule has 1 amide bonds. The van der Waals surface area contributed by atoms with Gasteiger partial charge in [0.25, 0.3) is 0 Å². The quantitative estimate of drug-likeness (QED) is 0.388. The van der Waals surface area contributed by atoms with Crippen molar-refractivity contribution < 1.29 is 19.0 Å². The minimum atomic E-state index is -0.519. The highest BCUT2D eigenvalue weighted by molar-refractivity contribution is 5.89. The zero-order chi connectivity index (χ0) is 26.2. The lowest BCUT2D eigenvalue weighted by molar-refractivity contribution is 0.0507. The van der Waals surface area contributed by atoms with E-state index < -0.39 is 5.60 Å². The Morgan fingerprint density at radius 1 is 1.11 bits per heavy atom. The molecule has 4 heterocycles. The van der Waals surface area contributed by atoms with E-state index in [1.54, 1.807) is 11.8 Å². The molecule has 0 saturated carbocycles. The van der Waals surface area contributed by atoms with Gasteiger partial charge in [0.1, 0.15) is 17.2 Å². The van der Waals surface area contributed by atoms with Crippen LogP contribution in [0.2, 0.25) is 0 Å². The molecular weight excluding hydrogens is 472 g/mol. The minimum Gasteiger partial charge on any atom is -0.467 e. The summed E-state index contributed by atoms with van der Waals surface area (Å²) in [6.07, 6.45) is 2.41. The van der Waals surface area contributed by atoms with Gasteiger partial charge in [-0.1, -0.05) is 0 Å². The highest BCUT2D eigenvalue weighted by Gasteiger charge is 2.27. The molecule has 10 nitrogen and oxygen atoms in total. The number of fused-ring (bicyclic) bond motifs is 2. The molecule has 0 aliphatic carbocycles. The van der Waals surface area contributed by atoms with Gasteiger partial charge in [0.2, 0.25) is 0 Å². The van der Waals surface area contributed by atoms with Gasteiger partial charge in [0, 0.05) is 50.5 Å². The van der Waals surface area contributed by atoms with Gasteiger partial charge in [-0.3, -0.25) is 4.68 Å². The molecule has 0 radical (unpaired) electrons. The molecule has 0 spiro atoms. The van der Waals surface area contributed by atoms with Crippen LogP contribution in [0.15, 0.2) is 42.6 Å². The summed E-state index contributed by atoms with van der Waals surface area (Å²) in [6, 6.07) is 11.8. The Balaban J connectivity index is 1.36. The lowest BCUT2D eigenvalue weighted by atomic mass is 10.1. The molecule has 194 valence electrons. The van der Waals surface area contributed by atoms with Gasteiger partial charge in [-0.05, 0) is 57.5 Å². The number of hydrogen-bond acceptors (Lipinski definition) is 8. The monoisotopic (exact) mass is 504 g/mol. The SMILES string of the molecule is COCOc1cc2nn(C)cc2cc1-c1ccc2nc(N3CC[C@H](NC(=O)OC(C)(C)C)C3)ccc2n1. The Kier molecular flexibility index (Phi) is 6.59. The number of amides is 1. The maximum Gasteiger partial charge on any atom is 0.407 e. The first-order valence-electron chi connectivity index (χ1n) is 12.3. The van der Waals surface area contributed by atoms with Gasteiger partial charge in [-0.15, -0.1) is 0 Å². The Bertz CT molecular complexity index is 1440. The van der Waals surface area contributed by atoms with Gasteiger partial charge < -0.3 is 24.4 Å². The summed E-state index contributed by atoms with van der Waals surface area (Å²) < 4.78 is 18.1. The number of carbonyl (C=O) groups is 1. The third kappa shape index (κ3) is 5.59. The summed E-state index contributed by atoms with van der Waals surface area (Å²) in [7, 11) is 3.48. The van der Waals surface area contributed by atoms with Crippen molar-refractivity contribution in [2.45, 2.75) is 38.8 Å². The van der Waals surface area contributed by atoms with Crippen molar-refractivity contribution in [1.82, 2.24) is 25.1 Å². The number of methoxy groups -OCH3 is 1. The van der Waals surface area contributed by atoms with Crippen LogP contribution in [0.4, 0.5) is 10.6 Å². The first-order valence-corrected chi connectivity index (χ1v) is 12.3. The number of rotatable bonds is 6. The van der Waals surface area contributed by atoms with E-state index in [9.17, 15) is 4.79 Å². The average Bonchev–Trinajstić information content (AvgIpc) is 3.45. The third-order valence-electron chi connectivity index (χ3n) is 6.09. The molecule has 4 aromatic rings. The number of pyridine rings is 2. The summed E-state index contributed by atoms with van der Waals surface area (Å²) in [5.41, 5.74) is 3.55. The number of hydrogen-bond donors (Lipinski definition) is 1. The van der Waals surface area contributed by atoms with Crippen LogP contribution >= 0.6 is 0 Å². The van der Waals surface area contributed by atoms with E-state index in [2.05, 4.69) is 15.3 Å². The molecule has 0 bridgehead atoms. The minimum absolute atomic E-state index is 0.0146. The van der Waals surface area contributed by atoms with Crippen LogP contribution in [0.25, 0.3) is 33.2 Å². The van der Waals surface area contributed by atoms with Crippen molar-refractivity contribution in [2.24, 2.45) is 7.05 Å². The Morgan fingerprint density at radius 2 is 1.89 bits per heavy atom. The summed E-state index contributed by atoms with van der Waals surface area (Å²) in [4.78, 5) is 24.0. The summed E-state index contributed by atoms with van der Waals surface area (Å²) in [5.74, 6) is 1.52. The molecule has 1 atom stereocenters. The molecule has 1 aliphatic heterocycles. The van der Waals surface area contributed by atoms with Gasteiger partial charge in [-0.2, -0.15) is 5.10 Å². The van der Waals surface area contributed by atoms with Crippen LogP contribution in [0, 0.1) is 0 Å². The second-order valence-electron chi connectivity index (χ2n) is 10.2. The number of alkyl carbamates (subject to hydrolysis) is 1. The van der Waals surface area contributed by atoms with Crippen molar-refractivity contribution in [1.29, 1.82) is 0 Å². The molecule has 37 heavy (non-hydrogen) atoms. The Morgan fingerprint density at radius 3 is 2.68 bits per heavy atom. The first-order chi connectivity index (χ1) is 17.7. The van der Waals surface area contributed by atoms with Gasteiger partial charge >= 0.3 is 6.09 Å². The zero-order valence-corrected chi connectivity index (χ0v) is 21.8. The zero-order valence-electron chi connectivity index (χ0n) is 21.8. The fraction of sp³-hybridized carbons (Fsp3) is 0.407. The molecule has 1 aliphatic rings. The van der Waals surface area contributed by atoms with Crippen LogP contribution in [0.1, 0.15) is 27.2 Å². The molecule has 1 fully saturated rings. The van der Waals surface area contributed by atoms with Gasteiger partial charge in [-0.25, -0.2) is 14.8 Å². The van der Waals surface area contributed by atoms with Crippen molar-refractivity contribution in [3.8, 4) is 17.0 Å². The van der Waals surface area contributed by atoms with E-state index in [4.69, 9.17) is 24.2 Å². The number of aromatic nitrogens is 4. The van der Waals surface area contributed by atoms with E-state index >= 15 is 0 Å². The average molecular weight is 505 g/mol. The predicted octanol–water partition coefficient (Wildman–Crippen LogP) is 4.27. The van der Waals surface area contributed by atoms with Crippen LogP contribution in [-0.2, 0) is 16.5 Å². The molecular formula is C27H32N6O4. The van der Waals surface area contributed by atoms with Gasteiger partial charge in [0.15, 0.2) is 6.79 Å². The second kappa shape index (κ2) is 9.85. The molecule has 10 heteroatoms. The van der Waals surface area contributed by atoms with Crippen LogP contribution in [-0.4, -0.2) is 64.5 Å². The molecule has 1 aromatic carbocycles. The fourth-order valence-corrected chi connectivity index (χ4v) is 4.50. The first kappa shape index (κ1) is 24.8. The number of nitrogens with one attached hydrogen (secondary N) is 1. The van der Waals surface area contributed by atoms with Crippen molar-refractivity contribution in [3.63, 3.8) is 0 Å².